The van der Waals surface area contributed by atoms with Gasteiger partial charge in [-0.1, -0.05) is 26.0 Å². The average molecular weight is 257 g/mol. The van der Waals surface area contributed by atoms with Crippen molar-refractivity contribution in [1.29, 1.82) is 0 Å². The van der Waals surface area contributed by atoms with Crippen molar-refractivity contribution in [2.75, 3.05) is 0 Å². The van der Waals surface area contributed by atoms with Crippen LogP contribution in [0.3, 0.4) is 0 Å². The van der Waals surface area contributed by atoms with Crippen LogP contribution in [0.25, 0.3) is 5.69 Å². The standard InChI is InChI=1S/C15H18N2O2/c1-4-12-14(15(18)19)13(5-2)17(16-12)11-8-6-7-10(3)9-11/h6-9H,4-5H2,1-3H3,(H,18,19)/p-1. The molecule has 0 aliphatic carbocycles. The molecule has 1 heterocycles. The number of carboxylic acid groups (broad SMARTS) is 1. The summed E-state index contributed by atoms with van der Waals surface area (Å²) in [6.07, 6.45) is 1.18. The fourth-order valence-electron chi connectivity index (χ4n) is 2.29. The molecule has 0 aliphatic rings. The quantitative estimate of drug-likeness (QED) is 0.837. The Bertz CT molecular complexity index is 615. The van der Waals surface area contributed by atoms with Gasteiger partial charge in [-0.15, -0.1) is 0 Å². The van der Waals surface area contributed by atoms with E-state index in [0.29, 0.717) is 24.2 Å². The van der Waals surface area contributed by atoms with Crippen LogP contribution in [0.2, 0.25) is 0 Å². The van der Waals surface area contributed by atoms with Crippen LogP contribution in [0.15, 0.2) is 24.3 Å². The molecule has 0 bridgehead atoms. The van der Waals surface area contributed by atoms with Gasteiger partial charge in [0.2, 0.25) is 0 Å². The smallest absolute Gasteiger partial charge is 0.0752 e. The third-order valence-corrected chi connectivity index (χ3v) is 3.17. The summed E-state index contributed by atoms with van der Waals surface area (Å²) >= 11 is 0. The van der Waals surface area contributed by atoms with Crippen LogP contribution >= 0.6 is 0 Å². The first-order valence-electron chi connectivity index (χ1n) is 6.47. The van der Waals surface area contributed by atoms with Crippen LogP contribution in [0.5, 0.6) is 0 Å². The number of rotatable bonds is 4. The van der Waals surface area contributed by atoms with Crippen molar-refractivity contribution >= 4 is 5.97 Å². The Balaban J connectivity index is 2.67. The molecule has 0 aliphatic heterocycles. The van der Waals surface area contributed by atoms with Crippen molar-refractivity contribution in [3.63, 3.8) is 0 Å². The van der Waals surface area contributed by atoms with Gasteiger partial charge in [-0.05, 0) is 37.5 Å². The van der Waals surface area contributed by atoms with Crippen LogP contribution < -0.4 is 5.11 Å². The van der Waals surface area contributed by atoms with Crippen molar-refractivity contribution in [2.45, 2.75) is 33.6 Å². The molecule has 2 rings (SSSR count). The molecule has 0 radical (unpaired) electrons. The van der Waals surface area contributed by atoms with Crippen molar-refractivity contribution in [3.05, 3.63) is 46.8 Å². The van der Waals surface area contributed by atoms with Crippen molar-refractivity contribution in [3.8, 4) is 5.69 Å². The van der Waals surface area contributed by atoms with E-state index in [2.05, 4.69) is 5.10 Å². The molecule has 0 fully saturated rings. The molecule has 0 unspecified atom stereocenters. The normalized spacial score (nSPS) is 10.7. The predicted molar refractivity (Wildman–Crippen MR) is 71.4 cm³/mol. The summed E-state index contributed by atoms with van der Waals surface area (Å²) in [5.41, 5.74) is 3.52. The zero-order valence-corrected chi connectivity index (χ0v) is 11.4. The number of carboxylic acids is 1. The Morgan fingerprint density at radius 1 is 1.32 bits per heavy atom. The second kappa shape index (κ2) is 5.26. The minimum Gasteiger partial charge on any atom is -0.545 e. The van der Waals surface area contributed by atoms with E-state index in [-0.39, 0.29) is 5.56 Å². The van der Waals surface area contributed by atoms with Crippen LogP contribution in [-0.2, 0) is 12.8 Å². The maximum Gasteiger partial charge on any atom is 0.0752 e. The fourth-order valence-corrected chi connectivity index (χ4v) is 2.29. The summed E-state index contributed by atoms with van der Waals surface area (Å²) in [6, 6.07) is 7.86. The van der Waals surface area contributed by atoms with Gasteiger partial charge < -0.3 is 9.90 Å². The lowest BCUT2D eigenvalue weighted by molar-refractivity contribution is -0.255. The average Bonchev–Trinajstić information content (AvgIpc) is 2.77. The van der Waals surface area contributed by atoms with E-state index in [9.17, 15) is 9.90 Å². The van der Waals surface area contributed by atoms with Gasteiger partial charge in [0.1, 0.15) is 0 Å². The van der Waals surface area contributed by atoms with E-state index in [1.54, 1.807) is 4.68 Å². The van der Waals surface area contributed by atoms with Gasteiger partial charge in [0, 0.05) is 5.56 Å². The number of nitrogens with zero attached hydrogens (tertiary/aromatic N) is 2. The number of aryl methyl sites for hydroxylation is 2. The lowest BCUT2D eigenvalue weighted by Gasteiger charge is -2.09. The zero-order valence-electron chi connectivity index (χ0n) is 11.4. The van der Waals surface area contributed by atoms with Crippen LogP contribution in [0.1, 0.15) is 41.2 Å². The molecule has 0 saturated carbocycles. The Labute approximate surface area is 112 Å². The van der Waals surface area contributed by atoms with Crippen LogP contribution in [0.4, 0.5) is 0 Å². The van der Waals surface area contributed by atoms with E-state index in [4.69, 9.17) is 0 Å². The number of hydrogen-bond acceptors (Lipinski definition) is 3. The first kappa shape index (κ1) is 13.3. The summed E-state index contributed by atoms with van der Waals surface area (Å²) in [5.74, 6) is -1.15. The summed E-state index contributed by atoms with van der Waals surface area (Å²) in [4.78, 5) is 11.3. The second-order valence-electron chi connectivity index (χ2n) is 4.51. The van der Waals surface area contributed by atoms with Gasteiger partial charge in [-0.3, -0.25) is 0 Å². The predicted octanol–water partition coefficient (Wildman–Crippen LogP) is 1.67. The molecule has 0 atom stereocenters. The van der Waals surface area contributed by atoms with Crippen molar-refractivity contribution in [2.24, 2.45) is 0 Å². The van der Waals surface area contributed by atoms with E-state index in [1.165, 1.54) is 0 Å². The maximum absolute atomic E-state index is 11.3. The van der Waals surface area contributed by atoms with Gasteiger partial charge in [0.05, 0.1) is 23.0 Å². The third kappa shape index (κ3) is 2.38. The molecule has 4 heteroatoms. The first-order chi connectivity index (χ1) is 9.08. The van der Waals surface area contributed by atoms with Gasteiger partial charge in [-0.25, -0.2) is 4.68 Å². The van der Waals surface area contributed by atoms with Crippen LogP contribution in [-0.4, -0.2) is 15.7 Å². The summed E-state index contributed by atoms with van der Waals surface area (Å²) in [7, 11) is 0. The number of hydrogen-bond donors (Lipinski definition) is 0. The molecule has 0 spiro atoms. The molecule has 19 heavy (non-hydrogen) atoms. The number of aromatic carboxylic acids is 1. The van der Waals surface area contributed by atoms with Gasteiger partial charge in [-0.2, -0.15) is 5.10 Å². The third-order valence-electron chi connectivity index (χ3n) is 3.17. The molecule has 1 aromatic carbocycles. The van der Waals surface area contributed by atoms with E-state index in [0.717, 1.165) is 11.3 Å². The first-order valence-corrected chi connectivity index (χ1v) is 6.47. The number of benzene rings is 1. The second-order valence-corrected chi connectivity index (χ2v) is 4.51. The number of aromatic nitrogens is 2. The Morgan fingerprint density at radius 2 is 2.05 bits per heavy atom. The highest BCUT2D eigenvalue weighted by Gasteiger charge is 2.17. The minimum absolute atomic E-state index is 0.242. The van der Waals surface area contributed by atoms with Crippen molar-refractivity contribution < 1.29 is 9.90 Å². The van der Waals surface area contributed by atoms with Crippen LogP contribution in [0, 0.1) is 6.92 Å². The number of carbonyl (C=O) groups is 1. The summed E-state index contributed by atoms with van der Waals surface area (Å²) < 4.78 is 1.72. The Morgan fingerprint density at radius 3 is 2.58 bits per heavy atom. The van der Waals surface area contributed by atoms with Gasteiger partial charge in [0.15, 0.2) is 0 Å². The molecule has 100 valence electrons. The molecule has 0 saturated heterocycles. The fraction of sp³-hybridized carbons (Fsp3) is 0.333. The highest BCUT2D eigenvalue weighted by Crippen LogP contribution is 2.20. The van der Waals surface area contributed by atoms with Crippen molar-refractivity contribution in [1.82, 2.24) is 9.78 Å². The lowest BCUT2D eigenvalue weighted by atomic mass is 10.1. The monoisotopic (exact) mass is 257 g/mol. The van der Waals surface area contributed by atoms with E-state index in [1.807, 2.05) is 45.0 Å². The SMILES string of the molecule is CCc1nn(-c2cccc(C)c2)c(CC)c1C(=O)[O-]. The minimum atomic E-state index is -1.15. The highest BCUT2D eigenvalue weighted by molar-refractivity contribution is 5.88. The maximum atomic E-state index is 11.3. The zero-order chi connectivity index (χ0) is 14.0. The largest absolute Gasteiger partial charge is 0.545 e. The molecule has 0 N–H and O–H groups in total. The Hall–Kier alpha value is -2.10. The highest BCUT2D eigenvalue weighted by atomic mass is 16.4. The summed E-state index contributed by atoms with van der Waals surface area (Å²) in [6.45, 7) is 5.82. The topological polar surface area (TPSA) is 58.0 Å². The van der Waals surface area contributed by atoms with Gasteiger partial charge >= 0.3 is 0 Å². The number of carbonyl (C=O) groups excluding carboxylic acids is 1. The molecule has 1 aromatic heterocycles. The molecule has 4 nitrogen and oxygen atoms in total. The summed E-state index contributed by atoms with van der Waals surface area (Å²) in [5, 5.41) is 15.7. The molecule has 0 amide bonds. The molecular formula is C15H17N2O2-. The molecular weight excluding hydrogens is 240 g/mol. The Kier molecular flexibility index (Phi) is 3.69. The van der Waals surface area contributed by atoms with E-state index < -0.39 is 5.97 Å². The van der Waals surface area contributed by atoms with Gasteiger partial charge in [0.25, 0.3) is 0 Å². The lowest BCUT2D eigenvalue weighted by Crippen LogP contribution is -2.24. The molecule has 2 aromatic rings. The van der Waals surface area contributed by atoms with E-state index >= 15 is 0 Å².